The summed E-state index contributed by atoms with van der Waals surface area (Å²) in [6, 6.07) is 5.60. The molecule has 1 aliphatic rings. The van der Waals surface area contributed by atoms with Crippen LogP contribution in [0.25, 0.3) is 0 Å². The van der Waals surface area contributed by atoms with Crippen LogP contribution in [0.15, 0.2) is 22.7 Å². The van der Waals surface area contributed by atoms with Crippen LogP contribution < -0.4 is 0 Å². The van der Waals surface area contributed by atoms with Gasteiger partial charge >= 0.3 is 24.3 Å². The minimum Gasteiger partial charge on any atom is -0.508 e. The Kier molecular flexibility index (Phi) is 11.1. The number of carboxylic acid groups (broad SMARTS) is 2. The van der Waals surface area contributed by atoms with E-state index >= 15 is 0 Å². The fourth-order valence-corrected chi connectivity index (χ4v) is 2.34. The van der Waals surface area contributed by atoms with Crippen LogP contribution in [0.4, 0.5) is 26.3 Å². The topological polar surface area (TPSA) is 101 Å². The van der Waals surface area contributed by atoms with Gasteiger partial charge in [0.25, 0.3) is 0 Å². The van der Waals surface area contributed by atoms with Gasteiger partial charge < -0.3 is 20.2 Å². The van der Waals surface area contributed by atoms with E-state index in [1.807, 2.05) is 12.1 Å². The number of carboxylic acids is 2. The van der Waals surface area contributed by atoms with E-state index in [1.54, 1.807) is 6.07 Å². The fourth-order valence-electron chi connectivity index (χ4n) is 1.93. The Morgan fingerprint density at radius 2 is 1.37 bits per heavy atom. The van der Waals surface area contributed by atoms with Crippen molar-refractivity contribution in [3.05, 3.63) is 28.2 Å². The molecule has 1 aromatic carbocycles. The molecule has 2 rings (SSSR count). The Labute approximate surface area is 175 Å². The number of alkyl halides is 6. The number of carbonyl (C=O) groups is 2. The van der Waals surface area contributed by atoms with E-state index in [2.05, 4.69) is 32.8 Å². The maximum atomic E-state index is 10.6. The Balaban J connectivity index is 0.000000503. The third-order valence-electron chi connectivity index (χ3n) is 3.52. The molecule has 7 nitrogen and oxygen atoms in total. The van der Waals surface area contributed by atoms with Gasteiger partial charge in [0.15, 0.2) is 0 Å². The number of phenols is 1. The standard InChI is InChI=1S/C12H17BrN2O.2C2HF3O2/c1-14-4-6-15(7-5-14)9-10-8-11(13)2-3-12(10)16;2*3-2(4,5)1(6)7/h2-3,8,16H,4-7,9H2,1H3;2*(H,6,7). The lowest BCUT2D eigenvalue weighted by atomic mass is 10.2. The van der Waals surface area contributed by atoms with Gasteiger partial charge in [0.2, 0.25) is 0 Å². The first-order valence-electron chi connectivity index (χ1n) is 8.02. The molecule has 1 aromatic rings. The summed E-state index contributed by atoms with van der Waals surface area (Å²) in [4.78, 5) is 22.5. The Morgan fingerprint density at radius 3 is 1.73 bits per heavy atom. The summed E-state index contributed by atoms with van der Waals surface area (Å²) in [5.41, 5.74) is 0.999. The fraction of sp³-hybridized carbons (Fsp3) is 0.500. The number of halogens is 7. The van der Waals surface area contributed by atoms with Crippen LogP contribution in [0, 0.1) is 0 Å². The van der Waals surface area contributed by atoms with Crippen LogP contribution >= 0.6 is 15.9 Å². The molecule has 0 atom stereocenters. The molecule has 1 heterocycles. The van der Waals surface area contributed by atoms with Crippen molar-refractivity contribution in [1.82, 2.24) is 9.80 Å². The summed E-state index contributed by atoms with van der Waals surface area (Å²) in [5.74, 6) is -5.12. The first-order chi connectivity index (χ1) is 13.5. The Hall–Kier alpha value is -2.06. The van der Waals surface area contributed by atoms with Crippen molar-refractivity contribution in [3.63, 3.8) is 0 Å². The average molecular weight is 513 g/mol. The molecule has 0 aliphatic carbocycles. The van der Waals surface area contributed by atoms with Crippen molar-refractivity contribution in [2.75, 3.05) is 33.2 Å². The minimum atomic E-state index is -5.08. The molecule has 0 amide bonds. The quantitative estimate of drug-likeness (QED) is 0.523. The maximum absolute atomic E-state index is 10.6. The molecule has 14 heteroatoms. The summed E-state index contributed by atoms with van der Waals surface area (Å²) in [6.45, 7) is 5.19. The number of hydrogen-bond acceptors (Lipinski definition) is 5. The lowest BCUT2D eigenvalue weighted by Crippen LogP contribution is -2.43. The summed E-state index contributed by atoms with van der Waals surface area (Å²) in [7, 11) is 2.15. The smallest absolute Gasteiger partial charge is 0.490 e. The lowest BCUT2D eigenvalue weighted by molar-refractivity contribution is -0.193. The normalized spacial score (nSPS) is 15.3. The van der Waals surface area contributed by atoms with E-state index in [1.165, 1.54) is 0 Å². The molecule has 0 bridgehead atoms. The Morgan fingerprint density at radius 1 is 0.967 bits per heavy atom. The van der Waals surface area contributed by atoms with Crippen molar-refractivity contribution < 1.29 is 51.3 Å². The van der Waals surface area contributed by atoms with Crippen molar-refractivity contribution in [2.24, 2.45) is 0 Å². The second-order valence-corrected chi connectivity index (χ2v) is 6.87. The van der Waals surface area contributed by atoms with E-state index in [0.717, 1.165) is 42.8 Å². The van der Waals surface area contributed by atoms with Gasteiger partial charge in [0, 0.05) is 42.8 Å². The van der Waals surface area contributed by atoms with Gasteiger partial charge in [-0.15, -0.1) is 0 Å². The molecule has 1 saturated heterocycles. The molecule has 0 spiro atoms. The van der Waals surface area contributed by atoms with Crippen molar-refractivity contribution in [3.8, 4) is 5.75 Å². The van der Waals surface area contributed by atoms with Gasteiger partial charge in [0.05, 0.1) is 0 Å². The Bertz CT molecular complexity index is 682. The monoisotopic (exact) mass is 512 g/mol. The van der Waals surface area contributed by atoms with Crippen LogP contribution in [0.2, 0.25) is 0 Å². The zero-order valence-corrected chi connectivity index (χ0v) is 17.1. The number of likely N-dealkylation sites (N-methyl/N-ethyl adjacent to an activating group) is 1. The second-order valence-electron chi connectivity index (χ2n) is 5.96. The third kappa shape index (κ3) is 11.8. The van der Waals surface area contributed by atoms with Crippen molar-refractivity contribution in [1.29, 1.82) is 0 Å². The van der Waals surface area contributed by atoms with Gasteiger partial charge in [-0.2, -0.15) is 26.3 Å². The molecule has 30 heavy (non-hydrogen) atoms. The van der Waals surface area contributed by atoms with Crippen LogP contribution in [0.3, 0.4) is 0 Å². The molecule has 0 aromatic heterocycles. The molecule has 0 unspecified atom stereocenters. The second kappa shape index (κ2) is 12.0. The number of phenolic OH excluding ortho intramolecular Hbond substituents is 1. The van der Waals surface area contributed by atoms with E-state index in [9.17, 15) is 31.4 Å². The van der Waals surface area contributed by atoms with Gasteiger partial charge in [-0.25, -0.2) is 9.59 Å². The largest absolute Gasteiger partial charge is 0.508 e. The highest BCUT2D eigenvalue weighted by Gasteiger charge is 2.38. The molecule has 0 saturated carbocycles. The zero-order valence-electron chi connectivity index (χ0n) is 15.5. The SMILES string of the molecule is CN1CCN(Cc2cc(Br)ccc2O)CC1.O=C(O)C(F)(F)F.O=C(O)C(F)(F)F. The molecular formula is C16H19BrF6N2O5. The van der Waals surface area contributed by atoms with Gasteiger partial charge in [-0.05, 0) is 25.2 Å². The number of benzene rings is 1. The zero-order chi connectivity index (χ0) is 23.7. The molecular weight excluding hydrogens is 494 g/mol. The average Bonchev–Trinajstić information content (AvgIpc) is 2.59. The van der Waals surface area contributed by atoms with Crippen LogP contribution in [0.1, 0.15) is 5.56 Å². The highest BCUT2D eigenvalue weighted by molar-refractivity contribution is 9.10. The summed E-state index contributed by atoms with van der Waals surface area (Å²) in [5, 5.41) is 24.0. The molecule has 1 fully saturated rings. The van der Waals surface area contributed by atoms with E-state index < -0.39 is 24.3 Å². The maximum Gasteiger partial charge on any atom is 0.490 e. The predicted molar refractivity (Wildman–Crippen MR) is 96.0 cm³/mol. The highest BCUT2D eigenvalue weighted by Crippen LogP contribution is 2.23. The first-order valence-corrected chi connectivity index (χ1v) is 8.81. The van der Waals surface area contributed by atoms with Gasteiger partial charge in [0.1, 0.15) is 5.75 Å². The van der Waals surface area contributed by atoms with Crippen LogP contribution in [-0.4, -0.2) is 82.6 Å². The van der Waals surface area contributed by atoms with E-state index in [-0.39, 0.29) is 0 Å². The number of aromatic hydroxyl groups is 1. The highest BCUT2D eigenvalue weighted by atomic mass is 79.9. The number of hydrogen-bond donors (Lipinski definition) is 3. The van der Waals surface area contributed by atoms with Crippen LogP contribution in [0.5, 0.6) is 5.75 Å². The number of nitrogens with zero attached hydrogens (tertiary/aromatic N) is 2. The number of rotatable bonds is 2. The van der Waals surface area contributed by atoms with Crippen LogP contribution in [-0.2, 0) is 16.1 Å². The van der Waals surface area contributed by atoms with Crippen molar-refractivity contribution in [2.45, 2.75) is 18.9 Å². The lowest BCUT2D eigenvalue weighted by Gasteiger charge is -2.32. The van der Waals surface area contributed by atoms with E-state index in [4.69, 9.17) is 19.8 Å². The molecule has 0 radical (unpaired) electrons. The van der Waals surface area contributed by atoms with E-state index in [0.29, 0.717) is 5.75 Å². The molecule has 1 aliphatic heterocycles. The molecule has 172 valence electrons. The number of piperazine rings is 1. The molecule has 3 N–H and O–H groups in total. The number of aliphatic carboxylic acids is 2. The predicted octanol–water partition coefficient (Wildman–Crippen LogP) is 3.17. The summed E-state index contributed by atoms with van der Waals surface area (Å²) in [6.07, 6.45) is -10.2. The third-order valence-corrected chi connectivity index (χ3v) is 4.01. The van der Waals surface area contributed by atoms with Gasteiger partial charge in [-0.1, -0.05) is 15.9 Å². The summed E-state index contributed by atoms with van der Waals surface area (Å²) < 4.78 is 64.5. The minimum absolute atomic E-state index is 0.391. The first kappa shape index (κ1) is 27.9. The van der Waals surface area contributed by atoms with Gasteiger partial charge in [-0.3, -0.25) is 4.90 Å². The summed E-state index contributed by atoms with van der Waals surface area (Å²) >= 11 is 3.43. The van der Waals surface area contributed by atoms with Crippen molar-refractivity contribution >= 4 is 27.9 Å².